The van der Waals surface area contributed by atoms with Crippen molar-refractivity contribution < 1.29 is 29.0 Å². The molecule has 0 spiro atoms. The van der Waals surface area contributed by atoms with Crippen molar-refractivity contribution >= 4 is 49.2 Å². The molecule has 1 unspecified atom stereocenters. The number of piperidine rings is 1. The van der Waals surface area contributed by atoms with Crippen molar-refractivity contribution in [3.05, 3.63) is 93.9 Å². The second-order valence-corrected chi connectivity index (χ2v) is 11.4. The van der Waals surface area contributed by atoms with Crippen molar-refractivity contribution in [3.63, 3.8) is 0 Å². The van der Waals surface area contributed by atoms with Crippen LogP contribution >= 0.6 is 11.6 Å². The topological polar surface area (TPSA) is 143 Å². The van der Waals surface area contributed by atoms with Crippen LogP contribution in [0.5, 0.6) is 5.75 Å². The number of halogens is 2. The van der Waals surface area contributed by atoms with Gasteiger partial charge in [0.05, 0.1) is 11.8 Å². The monoisotopic (exact) mass is 712 g/mol. The number of amides is 1. The third-order valence-electron chi connectivity index (χ3n) is 8.14. The van der Waals surface area contributed by atoms with E-state index in [-0.39, 0.29) is 18.3 Å². The molecule has 2 aliphatic heterocycles. The van der Waals surface area contributed by atoms with Gasteiger partial charge in [-0.2, -0.15) is 4.94 Å². The third kappa shape index (κ3) is 11.3. The lowest BCUT2D eigenvalue weighted by molar-refractivity contribution is -0.147. The molecule has 2 aromatic carbocycles. The lowest BCUT2D eigenvalue weighted by Crippen LogP contribution is -2.43. The molecule has 0 aliphatic carbocycles. The first-order valence-corrected chi connectivity index (χ1v) is 16.6. The van der Waals surface area contributed by atoms with Gasteiger partial charge >= 0.3 is 0 Å². The average molecular weight is 713 g/mol. The second kappa shape index (κ2) is 23.0. The van der Waals surface area contributed by atoms with E-state index < -0.39 is 6.04 Å². The molecule has 0 bridgehead atoms. The van der Waals surface area contributed by atoms with E-state index in [4.69, 9.17) is 26.2 Å². The van der Waals surface area contributed by atoms with Crippen LogP contribution in [0.3, 0.4) is 0 Å². The summed E-state index contributed by atoms with van der Waals surface area (Å²) in [4.78, 5) is 46.4. The number of rotatable bonds is 9. The van der Waals surface area contributed by atoms with Crippen LogP contribution in [-0.2, 0) is 21.1 Å². The van der Waals surface area contributed by atoms with Gasteiger partial charge in [-0.25, -0.2) is 4.99 Å². The first-order chi connectivity index (χ1) is 24.3. The number of nitrogens with zero attached hydrogens (tertiary/aromatic N) is 5. The number of phenols is 1. The minimum Gasteiger partial charge on any atom is -0.506 e. The predicted molar refractivity (Wildman–Crippen MR) is 200 cm³/mol. The smallest absolute Gasteiger partial charge is 0.271 e. The molecule has 1 atom stereocenters. The standard InChI is InChI=1S/C32H35ClFN5O3.C2H6.CH5N.2CH2O/c1-21(18-35-2)31(36-27-8-7-23(17-30(27)40)22-9-11-37(3)12-10-22)25-16-28-32(41)39(14-13-38(28)19-25)29(20-42-34)24-5-4-6-26(33)15-24;4*1-2/h4-8,15-19,22,29,40H,2,9-14,20H2,1,3H3;1-2H3;2H2,1H3;2*1H2/b21-18-,36-31?;;;;. The Labute approximate surface area is 299 Å². The molecule has 0 radical (unpaired) electrons. The molecule has 1 amide bonds. The van der Waals surface area contributed by atoms with E-state index in [1.807, 2.05) is 63.3 Å². The molecule has 272 valence electrons. The van der Waals surface area contributed by atoms with Gasteiger partial charge in [0, 0.05) is 36.1 Å². The second-order valence-electron chi connectivity index (χ2n) is 10.9. The zero-order chi connectivity index (χ0) is 37.8. The van der Waals surface area contributed by atoms with Gasteiger partial charge in [-0.1, -0.05) is 43.6 Å². The van der Waals surface area contributed by atoms with Gasteiger partial charge in [-0.15, -0.1) is 0 Å². The van der Waals surface area contributed by atoms with Crippen molar-refractivity contribution in [2.24, 2.45) is 15.7 Å². The maximum atomic E-state index is 13.7. The highest BCUT2D eigenvalue weighted by molar-refractivity contribution is 6.30. The Balaban J connectivity index is 0.00000146. The number of benzene rings is 2. The van der Waals surface area contributed by atoms with E-state index in [0.717, 1.165) is 37.1 Å². The molecule has 1 saturated heterocycles. The van der Waals surface area contributed by atoms with Crippen molar-refractivity contribution in [2.45, 2.75) is 52.1 Å². The number of hydrogen-bond donors (Lipinski definition) is 2. The summed E-state index contributed by atoms with van der Waals surface area (Å²) in [7, 11) is 3.63. The molecule has 0 saturated carbocycles. The molecule has 1 fully saturated rings. The van der Waals surface area contributed by atoms with Gasteiger partial charge in [0.1, 0.15) is 37.3 Å². The summed E-state index contributed by atoms with van der Waals surface area (Å²) in [5, 5.41) is 11.5. The molecular weight excluding hydrogens is 663 g/mol. The number of likely N-dealkylation sites (tertiary alicyclic amines) is 1. The van der Waals surface area contributed by atoms with Crippen LogP contribution in [0.1, 0.15) is 72.8 Å². The number of aromatic nitrogens is 1. The summed E-state index contributed by atoms with van der Waals surface area (Å²) in [6.45, 7) is 16.0. The first kappa shape index (κ1) is 43.5. The van der Waals surface area contributed by atoms with Gasteiger partial charge in [0.2, 0.25) is 0 Å². The fourth-order valence-corrected chi connectivity index (χ4v) is 6.03. The summed E-state index contributed by atoms with van der Waals surface area (Å²) in [6, 6.07) is 13.8. The van der Waals surface area contributed by atoms with Crippen molar-refractivity contribution in [2.75, 3.05) is 40.3 Å². The quantitative estimate of drug-likeness (QED) is 0.235. The van der Waals surface area contributed by atoms with Crippen molar-refractivity contribution in [1.29, 1.82) is 0 Å². The van der Waals surface area contributed by atoms with E-state index >= 15 is 0 Å². The maximum absolute atomic E-state index is 13.7. The van der Waals surface area contributed by atoms with Gasteiger partial charge < -0.3 is 34.8 Å². The van der Waals surface area contributed by atoms with Crippen LogP contribution in [-0.4, -0.2) is 91.7 Å². The molecule has 13 heteroatoms. The van der Waals surface area contributed by atoms with Crippen molar-refractivity contribution in [3.8, 4) is 5.75 Å². The minimum absolute atomic E-state index is 0.102. The van der Waals surface area contributed by atoms with Crippen LogP contribution in [0.4, 0.5) is 10.2 Å². The van der Waals surface area contributed by atoms with Crippen LogP contribution in [0.15, 0.2) is 76.5 Å². The fraction of sp³-hybridized carbons (Fsp3) is 0.378. The van der Waals surface area contributed by atoms with Crippen LogP contribution in [0.2, 0.25) is 5.02 Å². The summed E-state index contributed by atoms with van der Waals surface area (Å²) in [6.07, 6.45) is 5.57. The predicted octanol–water partition coefficient (Wildman–Crippen LogP) is 6.71. The van der Waals surface area contributed by atoms with E-state index in [1.54, 1.807) is 41.4 Å². The van der Waals surface area contributed by atoms with E-state index in [0.29, 0.717) is 52.2 Å². The molecule has 3 aromatic rings. The highest BCUT2D eigenvalue weighted by Gasteiger charge is 2.33. The maximum Gasteiger partial charge on any atom is 0.271 e. The molecule has 3 heterocycles. The first-order valence-electron chi connectivity index (χ1n) is 16.2. The van der Waals surface area contributed by atoms with Gasteiger partial charge in [-0.3, -0.25) is 9.79 Å². The Hall–Kier alpha value is -4.49. The molecule has 3 N–H and O–H groups in total. The number of carbonyl (C=O) groups is 3. The van der Waals surface area contributed by atoms with Crippen LogP contribution < -0.4 is 5.73 Å². The molecule has 5 rings (SSSR count). The molecular formula is C37H50ClFN6O5. The van der Waals surface area contributed by atoms with E-state index in [9.17, 15) is 14.4 Å². The molecule has 2 aliphatic rings. The lowest BCUT2D eigenvalue weighted by atomic mass is 9.89. The zero-order valence-corrected chi connectivity index (χ0v) is 30.4. The van der Waals surface area contributed by atoms with Gasteiger partial charge in [0.25, 0.3) is 5.91 Å². The highest BCUT2D eigenvalue weighted by atomic mass is 35.5. The Morgan fingerprint density at radius 1 is 1.08 bits per heavy atom. The van der Waals surface area contributed by atoms with Crippen LogP contribution in [0, 0.1) is 0 Å². The van der Waals surface area contributed by atoms with Crippen molar-refractivity contribution in [1.82, 2.24) is 14.4 Å². The SMILES string of the molecule is C=N/C=C(/C)C(=Nc1ccc(C2CCN(C)CC2)cc1O)c1cc2n(c1)CCN(C(COF)c1cccc(Cl)c1)C2=O.C=O.C=O.CC.CN. The zero-order valence-electron chi connectivity index (χ0n) is 29.6. The molecule has 11 nitrogen and oxygen atoms in total. The Morgan fingerprint density at radius 2 is 1.74 bits per heavy atom. The highest BCUT2D eigenvalue weighted by Crippen LogP contribution is 2.36. The third-order valence-corrected chi connectivity index (χ3v) is 8.38. The average Bonchev–Trinajstić information content (AvgIpc) is 3.59. The van der Waals surface area contributed by atoms with Gasteiger partial charge in [-0.05, 0) is 111 Å². The van der Waals surface area contributed by atoms with Crippen LogP contribution in [0.25, 0.3) is 0 Å². The van der Waals surface area contributed by atoms with E-state index in [1.165, 1.54) is 7.05 Å². The summed E-state index contributed by atoms with van der Waals surface area (Å²) in [5.41, 5.74) is 9.14. The number of allylic oxidation sites excluding steroid dienone is 1. The Kier molecular flexibility index (Phi) is 20.0. The number of hydrogen-bond acceptors (Lipinski definition) is 9. The number of phenolic OH excluding ortho intramolecular Hbond substituents is 1. The fourth-order valence-electron chi connectivity index (χ4n) is 5.83. The summed E-state index contributed by atoms with van der Waals surface area (Å²) < 4.78 is 15.0. The molecule has 50 heavy (non-hydrogen) atoms. The molecule has 1 aromatic heterocycles. The van der Waals surface area contributed by atoms with E-state index in [2.05, 4.69) is 34.3 Å². The minimum atomic E-state index is -0.645. The number of carbonyl (C=O) groups excluding carboxylic acids is 3. The Bertz CT molecular complexity index is 1570. The summed E-state index contributed by atoms with van der Waals surface area (Å²) >= 11 is 6.18. The van der Waals surface area contributed by atoms with Gasteiger partial charge in [0.15, 0.2) is 0 Å². The Morgan fingerprint density at radius 3 is 2.32 bits per heavy atom. The normalized spacial score (nSPS) is 15.4. The number of aromatic hydroxyl groups is 1. The summed E-state index contributed by atoms with van der Waals surface area (Å²) in [5.74, 6) is 0.245. The number of aliphatic imine (C=N–C) groups is 2. The largest absolute Gasteiger partial charge is 0.506 e. The number of nitrogens with two attached hydrogens (primary N) is 1. The lowest BCUT2D eigenvalue weighted by Gasteiger charge is -2.34. The number of fused-ring (bicyclic) bond motifs is 1.